The van der Waals surface area contributed by atoms with Gasteiger partial charge in [0.15, 0.2) is 4.77 Å². The SMILES string of the molecule is CC(C)N(C)CCn1c(=O)[nH][nH]c1=S. The highest BCUT2D eigenvalue weighted by Gasteiger charge is 2.05. The Bertz CT molecular complexity index is 361. The summed E-state index contributed by atoms with van der Waals surface area (Å²) >= 11 is 4.95. The molecular formula is C8H16N4OS. The van der Waals surface area contributed by atoms with E-state index in [1.165, 1.54) is 4.57 Å². The average Bonchev–Trinajstić information content (AvgIpc) is 2.43. The summed E-state index contributed by atoms with van der Waals surface area (Å²) in [5, 5.41) is 5.06. The second-order valence-electron chi connectivity index (χ2n) is 3.59. The van der Waals surface area contributed by atoms with Crippen molar-refractivity contribution in [1.82, 2.24) is 19.7 Å². The van der Waals surface area contributed by atoms with Gasteiger partial charge in [-0.15, -0.1) is 0 Å². The van der Waals surface area contributed by atoms with Crippen LogP contribution in [0.4, 0.5) is 0 Å². The van der Waals surface area contributed by atoms with Gasteiger partial charge in [-0.05, 0) is 33.1 Å². The Balaban J connectivity index is 2.63. The molecule has 0 amide bonds. The van der Waals surface area contributed by atoms with Crippen molar-refractivity contribution in [2.45, 2.75) is 26.4 Å². The fourth-order valence-electron chi connectivity index (χ4n) is 1.05. The predicted octanol–water partition coefficient (Wildman–Crippen LogP) is 0.574. The van der Waals surface area contributed by atoms with Crippen molar-refractivity contribution in [3.8, 4) is 0 Å². The highest BCUT2D eigenvalue weighted by atomic mass is 32.1. The summed E-state index contributed by atoms with van der Waals surface area (Å²) in [4.78, 5) is 13.4. The molecule has 0 saturated heterocycles. The largest absolute Gasteiger partial charge is 0.342 e. The van der Waals surface area contributed by atoms with E-state index >= 15 is 0 Å². The molecule has 1 heterocycles. The van der Waals surface area contributed by atoms with Gasteiger partial charge < -0.3 is 4.90 Å². The first kappa shape index (κ1) is 11.2. The van der Waals surface area contributed by atoms with Crippen LogP contribution in [0.1, 0.15) is 13.8 Å². The standard InChI is InChI=1S/C8H16N4OS/c1-6(2)11(3)4-5-12-7(13)9-10-8(12)14/h6H,4-5H2,1-3H3,(H,9,13)(H,10,14). The van der Waals surface area contributed by atoms with E-state index in [4.69, 9.17) is 12.2 Å². The molecule has 1 aromatic heterocycles. The van der Waals surface area contributed by atoms with E-state index in [0.29, 0.717) is 17.4 Å². The molecule has 1 rings (SSSR count). The third-order valence-corrected chi connectivity index (χ3v) is 2.65. The van der Waals surface area contributed by atoms with Crippen LogP contribution in [-0.4, -0.2) is 39.3 Å². The van der Waals surface area contributed by atoms with Gasteiger partial charge in [0.2, 0.25) is 0 Å². The van der Waals surface area contributed by atoms with Crippen LogP contribution in [0, 0.1) is 4.77 Å². The molecule has 2 N–H and O–H groups in total. The monoisotopic (exact) mass is 216 g/mol. The van der Waals surface area contributed by atoms with Gasteiger partial charge in [0.1, 0.15) is 0 Å². The molecule has 0 atom stereocenters. The van der Waals surface area contributed by atoms with E-state index < -0.39 is 0 Å². The maximum atomic E-state index is 11.2. The van der Waals surface area contributed by atoms with Gasteiger partial charge in [-0.2, -0.15) is 0 Å². The first-order valence-electron chi connectivity index (χ1n) is 4.60. The van der Waals surface area contributed by atoms with Crippen LogP contribution in [0.2, 0.25) is 0 Å². The van der Waals surface area contributed by atoms with Crippen molar-refractivity contribution in [2.24, 2.45) is 0 Å². The number of aromatic nitrogens is 3. The summed E-state index contributed by atoms with van der Waals surface area (Å²) in [7, 11) is 2.02. The molecule has 1 aromatic rings. The lowest BCUT2D eigenvalue weighted by Crippen LogP contribution is -2.32. The second kappa shape index (κ2) is 4.56. The molecule has 5 nitrogen and oxygen atoms in total. The van der Waals surface area contributed by atoms with Crippen molar-refractivity contribution >= 4 is 12.2 Å². The maximum absolute atomic E-state index is 11.2. The molecule has 0 aliphatic heterocycles. The molecule has 0 aliphatic rings. The molecule has 0 fully saturated rings. The van der Waals surface area contributed by atoms with Gasteiger partial charge in [-0.25, -0.2) is 9.89 Å². The number of nitrogens with one attached hydrogen (secondary N) is 2. The van der Waals surface area contributed by atoms with E-state index in [-0.39, 0.29) is 5.69 Å². The third-order valence-electron chi connectivity index (χ3n) is 2.32. The number of aromatic amines is 2. The zero-order valence-electron chi connectivity index (χ0n) is 8.70. The molecule has 0 bridgehead atoms. The van der Waals surface area contributed by atoms with Gasteiger partial charge in [0.05, 0.1) is 0 Å². The summed E-state index contributed by atoms with van der Waals surface area (Å²) in [6, 6.07) is 0.474. The van der Waals surface area contributed by atoms with Gasteiger partial charge in [0, 0.05) is 19.1 Å². The van der Waals surface area contributed by atoms with Crippen LogP contribution >= 0.6 is 12.2 Å². The minimum atomic E-state index is -0.174. The Morgan fingerprint density at radius 2 is 2.14 bits per heavy atom. The normalized spacial score (nSPS) is 11.5. The fourth-order valence-corrected chi connectivity index (χ4v) is 1.28. The third kappa shape index (κ3) is 2.55. The van der Waals surface area contributed by atoms with Crippen LogP contribution in [0.3, 0.4) is 0 Å². The summed E-state index contributed by atoms with van der Waals surface area (Å²) in [6.07, 6.45) is 0. The Hall–Kier alpha value is -0.880. The van der Waals surface area contributed by atoms with Crippen molar-refractivity contribution in [1.29, 1.82) is 0 Å². The molecule has 6 heteroatoms. The first-order valence-corrected chi connectivity index (χ1v) is 5.01. The molecule has 0 saturated carbocycles. The van der Waals surface area contributed by atoms with Crippen LogP contribution < -0.4 is 5.69 Å². The van der Waals surface area contributed by atoms with Crippen molar-refractivity contribution in [3.63, 3.8) is 0 Å². The zero-order valence-corrected chi connectivity index (χ0v) is 9.52. The molecule has 14 heavy (non-hydrogen) atoms. The smallest absolute Gasteiger partial charge is 0.302 e. The lowest BCUT2D eigenvalue weighted by Gasteiger charge is -2.20. The van der Waals surface area contributed by atoms with Gasteiger partial charge in [-0.1, -0.05) is 0 Å². The number of rotatable bonds is 4. The molecule has 0 aromatic carbocycles. The highest BCUT2D eigenvalue weighted by Crippen LogP contribution is 1.93. The van der Waals surface area contributed by atoms with Gasteiger partial charge >= 0.3 is 5.69 Å². The van der Waals surface area contributed by atoms with Crippen LogP contribution in [0.25, 0.3) is 0 Å². The second-order valence-corrected chi connectivity index (χ2v) is 3.97. The Morgan fingerprint density at radius 1 is 1.50 bits per heavy atom. The fraction of sp³-hybridized carbons (Fsp3) is 0.750. The molecular weight excluding hydrogens is 200 g/mol. The van der Waals surface area contributed by atoms with Crippen molar-refractivity contribution < 1.29 is 0 Å². The Kier molecular flexibility index (Phi) is 3.65. The topological polar surface area (TPSA) is 56.8 Å². The van der Waals surface area contributed by atoms with Crippen molar-refractivity contribution in [3.05, 3.63) is 15.3 Å². The first-order chi connectivity index (χ1) is 6.52. The zero-order chi connectivity index (χ0) is 10.7. The van der Waals surface area contributed by atoms with E-state index in [1.54, 1.807) is 0 Å². The summed E-state index contributed by atoms with van der Waals surface area (Å²) in [5.74, 6) is 0. The number of hydrogen-bond donors (Lipinski definition) is 2. The average molecular weight is 216 g/mol. The summed E-state index contributed by atoms with van der Waals surface area (Å²) in [6.45, 7) is 5.65. The number of likely N-dealkylation sites (N-methyl/N-ethyl adjacent to an activating group) is 1. The minimum Gasteiger partial charge on any atom is -0.302 e. The lowest BCUT2D eigenvalue weighted by atomic mass is 10.3. The number of H-pyrrole nitrogens is 2. The minimum absolute atomic E-state index is 0.174. The van der Waals surface area contributed by atoms with Gasteiger partial charge in [0.25, 0.3) is 0 Å². The summed E-state index contributed by atoms with van der Waals surface area (Å²) in [5.41, 5.74) is -0.174. The van der Waals surface area contributed by atoms with E-state index in [2.05, 4.69) is 28.9 Å². The summed E-state index contributed by atoms with van der Waals surface area (Å²) < 4.78 is 1.97. The molecule has 0 aliphatic carbocycles. The predicted molar refractivity (Wildman–Crippen MR) is 58.0 cm³/mol. The molecule has 0 radical (unpaired) electrons. The van der Waals surface area contributed by atoms with Crippen LogP contribution in [-0.2, 0) is 6.54 Å². The van der Waals surface area contributed by atoms with Crippen LogP contribution in [0.15, 0.2) is 4.79 Å². The maximum Gasteiger partial charge on any atom is 0.342 e. The Morgan fingerprint density at radius 3 is 2.57 bits per heavy atom. The number of nitrogens with zero attached hydrogens (tertiary/aromatic N) is 2. The Labute approximate surface area is 87.7 Å². The van der Waals surface area contributed by atoms with Crippen molar-refractivity contribution in [2.75, 3.05) is 13.6 Å². The molecule has 0 unspecified atom stereocenters. The quantitative estimate of drug-likeness (QED) is 0.724. The van der Waals surface area contributed by atoms with Crippen LogP contribution in [0.5, 0.6) is 0 Å². The van der Waals surface area contributed by atoms with Gasteiger partial charge in [-0.3, -0.25) is 9.67 Å². The van der Waals surface area contributed by atoms with E-state index in [9.17, 15) is 4.79 Å². The van der Waals surface area contributed by atoms with E-state index in [1.807, 2.05) is 7.05 Å². The molecule has 0 spiro atoms. The highest BCUT2D eigenvalue weighted by molar-refractivity contribution is 7.71. The lowest BCUT2D eigenvalue weighted by molar-refractivity contribution is 0.261. The number of hydrogen-bond acceptors (Lipinski definition) is 3. The van der Waals surface area contributed by atoms with E-state index in [0.717, 1.165) is 6.54 Å². The molecule has 80 valence electrons.